The summed E-state index contributed by atoms with van der Waals surface area (Å²) in [7, 11) is 4.89. The van der Waals surface area contributed by atoms with Gasteiger partial charge in [0.2, 0.25) is 0 Å². The first kappa shape index (κ1) is 20.3. The summed E-state index contributed by atoms with van der Waals surface area (Å²) in [5.74, 6) is -1.12. The Kier molecular flexibility index (Phi) is 7.21. The first-order valence-electron chi connectivity index (χ1n) is 7.37. The largest absolute Gasteiger partial charge is 0.355 e. The van der Waals surface area contributed by atoms with Crippen LogP contribution < -0.4 is 10.2 Å². The highest BCUT2D eigenvalue weighted by molar-refractivity contribution is 7.80. The fourth-order valence-electron chi connectivity index (χ4n) is 1.82. The molecule has 132 valence electrons. The highest BCUT2D eigenvalue weighted by Gasteiger charge is 2.16. The van der Waals surface area contributed by atoms with Crippen LogP contribution >= 0.6 is 12.2 Å². The molecule has 0 aromatic heterocycles. The first-order chi connectivity index (χ1) is 11.7. The van der Waals surface area contributed by atoms with Crippen LogP contribution in [0.4, 0.5) is 10.1 Å². The molecule has 0 saturated heterocycles. The van der Waals surface area contributed by atoms with E-state index in [1.165, 1.54) is 25.4 Å². The van der Waals surface area contributed by atoms with Gasteiger partial charge in [-0.2, -0.15) is 5.26 Å². The maximum Gasteiger partial charge on any atom is 0.253 e. The number of carbonyl (C=O) groups is 1. The molecule has 0 aliphatic heterocycles. The molecule has 1 rings (SSSR count). The van der Waals surface area contributed by atoms with Crippen LogP contribution in [0.15, 0.2) is 35.1 Å². The zero-order chi connectivity index (χ0) is 19.1. The smallest absolute Gasteiger partial charge is 0.253 e. The number of aliphatic imine (C=N–C) groups is 1. The number of hydrogen-bond acceptors (Lipinski definition) is 4. The minimum Gasteiger partial charge on any atom is -0.355 e. The molecule has 0 bridgehead atoms. The third kappa shape index (κ3) is 5.09. The van der Waals surface area contributed by atoms with Gasteiger partial charge >= 0.3 is 0 Å². The Labute approximate surface area is 152 Å². The fraction of sp³-hybridized carbons (Fsp3) is 0.294. The van der Waals surface area contributed by atoms with Crippen molar-refractivity contribution < 1.29 is 9.18 Å². The lowest BCUT2D eigenvalue weighted by Crippen LogP contribution is -2.37. The van der Waals surface area contributed by atoms with Crippen molar-refractivity contribution in [1.82, 2.24) is 10.2 Å². The number of nitriles is 1. The molecule has 0 saturated carbocycles. The lowest BCUT2D eigenvalue weighted by atomic mass is 10.1. The number of allylic oxidation sites excluding steroid dienone is 1. The number of nitrogens with one attached hydrogen (secondary N) is 1. The molecule has 1 aromatic rings. The third-order valence-corrected chi connectivity index (χ3v) is 4.07. The van der Waals surface area contributed by atoms with E-state index >= 15 is 0 Å². The normalized spacial score (nSPS) is 11.6. The lowest BCUT2D eigenvalue weighted by Gasteiger charge is -2.28. The van der Waals surface area contributed by atoms with Gasteiger partial charge in [-0.05, 0) is 44.3 Å². The number of hydrogen-bond donors (Lipinski definition) is 1. The minimum atomic E-state index is -0.629. The van der Waals surface area contributed by atoms with Crippen LogP contribution in [-0.2, 0) is 0 Å². The monoisotopic (exact) mass is 361 g/mol. The number of nitrogens with zero attached hydrogens (tertiary/aromatic N) is 4. The number of benzene rings is 1. The van der Waals surface area contributed by atoms with Crippen LogP contribution in [0.25, 0.3) is 0 Å². The SMILES string of the molecule is CNC(=O)c1ccc(N(C)C(=S)N(C)/C(C)=C/N=C(\C)C#N)cc1F. The average molecular weight is 361 g/mol. The molecule has 0 atom stereocenters. The van der Waals surface area contributed by atoms with E-state index in [9.17, 15) is 9.18 Å². The van der Waals surface area contributed by atoms with Gasteiger partial charge in [0.05, 0.1) is 5.56 Å². The lowest BCUT2D eigenvalue weighted by molar-refractivity contribution is 0.0959. The zero-order valence-corrected chi connectivity index (χ0v) is 15.6. The molecule has 1 N–H and O–H groups in total. The number of thiocarbonyl (C=S) groups is 1. The van der Waals surface area contributed by atoms with Gasteiger partial charge in [0.15, 0.2) is 5.11 Å². The highest BCUT2D eigenvalue weighted by Crippen LogP contribution is 2.20. The number of carbonyl (C=O) groups excluding carboxylic acids is 1. The van der Waals surface area contributed by atoms with E-state index in [-0.39, 0.29) is 5.56 Å². The van der Waals surface area contributed by atoms with Gasteiger partial charge in [0, 0.05) is 38.7 Å². The Balaban J connectivity index is 3.01. The molecule has 0 aliphatic carbocycles. The summed E-state index contributed by atoms with van der Waals surface area (Å²) in [5, 5.41) is 11.5. The standard InChI is InChI=1S/C17H20FN5OS/c1-11(9-19)21-10-12(2)22(4)17(25)23(5)13-6-7-14(15(18)8-13)16(24)20-3/h6-8,10H,1-5H3,(H,20,24)/b12-10+,21-11+. The number of amides is 1. The maximum atomic E-state index is 14.1. The molecule has 8 heteroatoms. The second-order valence-corrected chi connectivity index (χ2v) is 5.61. The van der Waals surface area contributed by atoms with Crippen molar-refractivity contribution in [3.8, 4) is 6.07 Å². The second-order valence-electron chi connectivity index (χ2n) is 5.24. The third-order valence-electron chi connectivity index (χ3n) is 3.52. The summed E-state index contributed by atoms with van der Waals surface area (Å²) in [6.45, 7) is 3.40. The van der Waals surface area contributed by atoms with Crippen molar-refractivity contribution >= 4 is 34.6 Å². The molecule has 25 heavy (non-hydrogen) atoms. The van der Waals surface area contributed by atoms with Crippen LogP contribution in [0, 0.1) is 17.1 Å². The molecule has 0 unspecified atom stereocenters. The summed E-state index contributed by atoms with van der Waals surface area (Å²) in [4.78, 5) is 18.9. The Hall–Kier alpha value is -2.79. The zero-order valence-electron chi connectivity index (χ0n) is 14.8. The molecule has 0 heterocycles. The highest BCUT2D eigenvalue weighted by atomic mass is 32.1. The van der Waals surface area contributed by atoms with E-state index in [1.807, 2.05) is 6.07 Å². The molecule has 1 aromatic carbocycles. The number of halogens is 1. The predicted molar refractivity (Wildman–Crippen MR) is 101 cm³/mol. The fourth-order valence-corrected chi connectivity index (χ4v) is 2.07. The van der Waals surface area contributed by atoms with Gasteiger partial charge < -0.3 is 15.1 Å². The predicted octanol–water partition coefficient (Wildman–Crippen LogP) is 2.68. The first-order valence-corrected chi connectivity index (χ1v) is 7.78. The number of rotatable bonds is 4. The Morgan fingerprint density at radius 1 is 1.40 bits per heavy atom. The summed E-state index contributed by atoms with van der Waals surface area (Å²) in [6, 6.07) is 6.21. The Morgan fingerprint density at radius 3 is 2.56 bits per heavy atom. The van der Waals surface area contributed by atoms with Crippen molar-refractivity contribution in [3.63, 3.8) is 0 Å². The van der Waals surface area contributed by atoms with Gasteiger partial charge in [-0.15, -0.1) is 0 Å². The van der Waals surface area contributed by atoms with Crippen molar-refractivity contribution in [2.75, 3.05) is 26.0 Å². The van der Waals surface area contributed by atoms with Gasteiger partial charge in [-0.3, -0.25) is 4.79 Å². The van der Waals surface area contributed by atoms with Crippen LogP contribution in [0.2, 0.25) is 0 Å². The summed E-state index contributed by atoms with van der Waals surface area (Å²) < 4.78 is 14.1. The van der Waals surface area contributed by atoms with Gasteiger partial charge in [0.25, 0.3) is 5.91 Å². The quantitative estimate of drug-likeness (QED) is 0.659. The molecular formula is C17H20FN5OS. The second kappa shape index (κ2) is 8.89. The van der Waals surface area contributed by atoms with Gasteiger partial charge in [0.1, 0.15) is 17.6 Å². The molecule has 0 aliphatic rings. The van der Waals surface area contributed by atoms with E-state index in [2.05, 4.69) is 10.3 Å². The molecule has 0 spiro atoms. The van der Waals surface area contributed by atoms with E-state index in [4.69, 9.17) is 17.5 Å². The van der Waals surface area contributed by atoms with Crippen molar-refractivity contribution in [2.24, 2.45) is 4.99 Å². The topological polar surface area (TPSA) is 71.7 Å². The number of anilines is 1. The maximum absolute atomic E-state index is 14.1. The van der Waals surface area contributed by atoms with E-state index in [0.717, 1.165) is 0 Å². The molecule has 1 amide bonds. The summed E-state index contributed by atoms with van der Waals surface area (Å²) >= 11 is 5.41. The molecule has 0 fully saturated rings. The van der Waals surface area contributed by atoms with Crippen molar-refractivity contribution in [1.29, 1.82) is 5.26 Å². The summed E-state index contributed by atoms with van der Waals surface area (Å²) in [6.07, 6.45) is 1.54. The molecule has 0 radical (unpaired) electrons. The van der Waals surface area contributed by atoms with E-state index in [1.54, 1.807) is 43.8 Å². The van der Waals surface area contributed by atoms with Crippen LogP contribution in [0.3, 0.4) is 0 Å². The minimum absolute atomic E-state index is 0.0312. The molecule has 6 nitrogen and oxygen atoms in total. The Morgan fingerprint density at radius 2 is 2.04 bits per heavy atom. The van der Waals surface area contributed by atoms with Gasteiger partial charge in [-0.1, -0.05) is 0 Å². The van der Waals surface area contributed by atoms with Crippen LogP contribution in [0.5, 0.6) is 0 Å². The van der Waals surface area contributed by atoms with Crippen molar-refractivity contribution in [2.45, 2.75) is 13.8 Å². The molecular weight excluding hydrogens is 341 g/mol. The van der Waals surface area contributed by atoms with Crippen LogP contribution in [0.1, 0.15) is 24.2 Å². The van der Waals surface area contributed by atoms with Gasteiger partial charge in [-0.25, -0.2) is 9.38 Å². The van der Waals surface area contributed by atoms with Crippen molar-refractivity contribution in [3.05, 3.63) is 41.5 Å². The Bertz CT molecular complexity index is 782. The summed E-state index contributed by atoms with van der Waals surface area (Å²) in [5.41, 5.74) is 1.52. The average Bonchev–Trinajstić information content (AvgIpc) is 2.62. The van der Waals surface area contributed by atoms with Crippen LogP contribution in [-0.4, -0.2) is 42.8 Å². The van der Waals surface area contributed by atoms with E-state index < -0.39 is 11.7 Å². The van der Waals surface area contributed by atoms with E-state index in [0.29, 0.717) is 22.2 Å².